The predicted molar refractivity (Wildman–Crippen MR) is 75.9 cm³/mol. The van der Waals surface area contributed by atoms with Crippen LogP contribution in [0.4, 0.5) is 5.69 Å². The molecule has 0 spiro atoms. The molecule has 98 valence electrons. The predicted octanol–water partition coefficient (Wildman–Crippen LogP) is 3.16. The van der Waals surface area contributed by atoms with E-state index in [1.807, 2.05) is 6.92 Å². The lowest BCUT2D eigenvalue weighted by atomic mass is 10.3. The van der Waals surface area contributed by atoms with E-state index in [-0.39, 0.29) is 11.6 Å². The molecule has 2 heterocycles. The van der Waals surface area contributed by atoms with Crippen LogP contribution in [-0.2, 0) is 0 Å². The number of thiophene rings is 1. The summed E-state index contributed by atoms with van der Waals surface area (Å²) in [7, 11) is 0. The largest absolute Gasteiger partial charge is 0.477 e. The van der Waals surface area contributed by atoms with Crippen LogP contribution in [-0.4, -0.2) is 22.0 Å². The third-order valence-corrected chi connectivity index (χ3v) is 4.46. The average molecular weight is 341 g/mol. The molecule has 1 amide bonds. The number of aromatic carboxylic acids is 1. The molecule has 0 aliphatic carbocycles. The molecule has 2 aromatic rings. The van der Waals surface area contributed by atoms with Gasteiger partial charge in [0.15, 0.2) is 0 Å². The summed E-state index contributed by atoms with van der Waals surface area (Å²) in [6.07, 6.45) is 1.32. The maximum absolute atomic E-state index is 11.9. The van der Waals surface area contributed by atoms with Gasteiger partial charge >= 0.3 is 5.97 Å². The molecule has 0 bridgehead atoms. The number of nitrogens with zero attached hydrogens (tertiary/aromatic N) is 1. The van der Waals surface area contributed by atoms with Crippen molar-refractivity contribution in [3.05, 3.63) is 44.3 Å². The fraction of sp³-hybridized carbons (Fsp3) is 0.0833. The molecule has 5 nitrogen and oxygen atoms in total. The summed E-state index contributed by atoms with van der Waals surface area (Å²) in [4.78, 5) is 26.9. The number of hydrogen-bond acceptors (Lipinski definition) is 4. The summed E-state index contributed by atoms with van der Waals surface area (Å²) in [6.45, 7) is 1.90. The van der Waals surface area contributed by atoms with Gasteiger partial charge in [-0.25, -0.2) is 9.78 Å². The number of hydrogen-bond donors (Lipinski definition) is 2. The summed E-state index contributed by atoms with van der Waals surface area (Å²) >= 11 is 4.70. The second-order valence-corrected chi connectivity index (χ2v) is 6.13. The lowest BCUT2D eigenvalue weighted by Crippen LogP contribution is -2.11. The first-order valence-corrected chi connectivity index (χ1v) is 6.85. The lowest BCUT2D eigenvalue weighted by molar-refractivity contribution is 0.0690. The molecule has 7 heteroatoms. The number of carboxylic acids is 1. The number of aromatic nitrogens is 1. The van der Waals surface area contributed by atoms with Crippen LogP contribution < -0.4 is 5.32 Å². The Balaban J connectivity index is 2.12. The van der Waals surface area contributed by atoms with Crippen LogP contribution in [0.3, 0.4) is 0 Å². The van der Waals surface area contributed by atoms with Gasteiger partial charge in [0.05, 0.1) is 20.5 Å². The van der Waals surface area contributed by atoms with Crippen molar-refractivity contribution in [3.63, 3.8) is 0 Å². The molecule has 2 rings (SSSR count). The van der Waals surface area contributed by atoms with Crippen molar-refractivity contribution in [2.75, 3.05) is 5.32 Å². The summed E-state index contributed by atoms with van der Waals surface area (Å²) < 4.78 is 0.914. The van der Waals surface area contributed by atoms with Crippen molar-refractivity contribution < 1.29 is 14.7 Å². The number of carboxylic acid groups (broad SMARTS) is 1. The normalized spacial score (nSPS) is 10.2. The maximum Gasteiger partial charge on any atom is 0.354 e. The van der Waals surface area contributed by atoms with Crippen molar-refractivity contribution >= 4 is 44.8 Å². The van der Waals surface area contributed by atoms with Gasteiger partial charge in [-0.2, -0.15) is 0 Å². The first-order valence-electron chi connectivity index (χ1n) is 5.24. The second-order valence-electron chi connectivity index (χ2n) is 3.76. The standard InChI is InChI=1S/C12H9BrN2O3S/c1-6-4-9(19-10(6)13)11(16)15-7-2-3-8(12(17)18)14-5-7/h2-5H,1H3,(H,15,16)(H,17,18). The smallest absolute Gasteiger partial charge is 0.354 e. The topological polar surface area (TPSA) is 79.3 Å². The Labute approximate surface area is 121 Å². The number of anilines is 1. The quantitative estimate of drug-likeness (QED) is 0.899. The number of rotatable bonds is 3. The highest BCUT2D eigenvalue weighted by Gasteiger charge is 2.12. The van der Waals surface area contributed by atoms with Crippen LogP contribution in [0.5, 0.6) is 0 Å². The maximum atomic E-state index is 11.9. The molecule has 0 aliphatic heterocycles. The number of carbonyl (C=O) groups is 2. The van der Waals surface area contributed by atoms with Gasteiger partial charge in [0.1, 0.15) is 5.69 Å². The van der Waals surface area contributed by atoms with Gasteiger partial charge < -0.3 is 10.4 Å². The molecule has 0 aromatic carbocycles. The van der Waals surface area contributed by atoms with Gasteiger partial charge in [0.2, 0.25) is 0 Å². The van der Waals surface area contributed by atoms with Crippen molar-refractivity contribution in [3.8, 4) is 0 Å². The summed E-state index contributed by atoms with van der Waals surface area (Å²) in [6, 6.07) is 4.63. The van der Waals surface area contributed by atoms with Crippen LogP contribution in [0.2, 0.25) is 0 Å². The molecule has 0 aliphatic rings. The van der Waals surface area contributed by atoms with E-state index >= 15 is 0 Å². The molecular weight excluding hydrogens is 332 g/mol. The number of halogens is 1. The SMILES string of the molecule is Cc1cc(C(=O)Nc2ccc(C(=O)O)nc2)sc1Br. The van der Waals surface area contributed by atoms with Gasteiger partial charge in [-0.15, -0.1) is 11.3 Å². The van der Waals surface area contributed by atoms with Crippen molar-refractivity contribution in [1.29, 1.82) is 0 Å². The zero-order chi connectivity index (χ0) is 14.0. The zero-order valence-corrected chi connectivity index (χ0v) is 12.2. The Morgan fingerprint density at radius 3 is 2.63 bits per heavy atom. The molecular formula is C12H9BrN2O3S. The Morgan fingerprint density at radius 2 is 2.16 bits per heavy atom. The van der Waals surface area contributed by atoms with E-state index in [4.69, 9.17) is 5.11 Å². The summed E-state index contributed by atoms with van der Waals surface area (Å²) in [5.41, 5.74) is 1.39. The van der Waals surface area contributed by atoms with E-state index in [2.05, 4.69) is 26.2 Å². The van der Waals surface area contributed by atoms with Crippen LogP contribution in [0.15, 0.2) is 28.2 Å². The molecule has 0 unspecified atom stereocenters. The molecule has 0 fully saturated rings. The Morgan fingerprint density at radius 1 is 1.42 bits per heavy atom. The van der Waals surface area contributed by atoms with E-state index in [1.165, 1.54) is 29.7 Å². The van der Waals surface area contributed by atoms with E-state index < -0.39 is 5.97 Å². The van der Waals surface area contributed by atoms with E-state index in [9.17, 15) is 9.59 Å². The summed E-state index contributed by atoms with van der Waals surface area (Å²) in [5, 5.41) is 11.4. The fourth-order valence-electron chi connectivity index (χ4n) is 1.36. The highest BCUT2D eigenvalue weighted by molar-refractivity contribution is 9.11. The van der Waals surface area contributed by atoms with Gasteiger partial charge in [-0.3, -0.25) is 4.79 Å². The molecule has 0 radical (unpaired) electrons. The minimum absolute atomic E-state index is 0.0623. The summed E-state index contributed by atoms with van der Waals surface area (Å²) in [5.74, 6) is -1.35. The number of pyridine rings is 1. The zero-order valence-electron chi connectivity index (χ0n) is 9.81. The van der Waals surface area contributed by atoms with Crippen molar-refractivity contribution in [2.24, 2.45) is 0 Å². The molecule has 2 aromatic heterocycles. The van der Waals surface area contributed by atoms with Crippen LogP contribution >= 0.6 is 27.3 Å². The Kier molecular flexibility index (Phi) is 3.96. The van der Waals surface area contributed by atoms with E-state index in [1.54, 1.807) is 6.07 Å². The Hall–Kier alpha value is -1.73. The number of carbonyl (C=O) groups excluding carboxylic acids is 1. The van der Waals surface area contributed by atoms with E-state index in [0.29, 0.717) is 10.6 Å². The highest BCUT2D eigenvalue weighted by atomic mass is 79.9. The number of aryl methyl sites for hydroxylation is 1. The fourth-order valence-corrected chi connectivity index (χ4v) is 2.79. The molecule has 2 N–H and O–H groups in total. The Bertz CT molecular complexity index is 617. The van der Waals surface area contributed by atoms with Gasteiger partial charge in [-0.1, -0.05) is 0 Å². The molecule has 0 saturated heterocycles. The third-order valence-electron chi connectivity index (χ3n) is 2.32. The minimum Gasteiger partial charge on any atom is -0.477 e. The highest BCUT2D eigenvalue weighted by Crippen LogP contribution is 2.27. The number of amides is 1. The average Bonchev–Trinajstić information content (AvgIpc) is 2.70. The van der Waals surface area contributed by atoms with Gasteiger partial charge in [0.25, 0.3) is 5.91 Å². The van der Waals surface area contributed by atoms with Gasteiger partial charge in [0, 0.05) is 0 Å². The van der Waals surface area contributed by atoms with Crippen LogP contribution in [0.25, 0.3) is 0 Å². The van der Waals surface area contributed by atoms with E-state index in [0.717, 1.165) is 9.35 Å². The molecule has 19 heavy (non-hydrogen) atoms. The van der Waals surface area contributed by atoms with Crippen LogP contribution in [0, 0.1) is 6.92 Å². The van der Waals surface area contributed by atoms with Crippen molar-refractivity contribution in [1.82, 2.24) is 4.98 Å². The van der Waals surface area contributed by atoms with Crippen molar-refractivity contribution in [2.45, 2.75) is 6.92 Å². The minimum atomic E-state index is -1.10. The first kappa shape index (κ1) is 13.7. The lowest BCUT2D eigenvalue weighted by Gasteiger charge is -2.02. The first-order chi connectivity index (χ1) is 8.97. The van der Waals surface area contributed by atoms with Crippen LogP contribution in [0.1, 0.15) is 25.7 Å². The second kappa shape index (κ2) is 5.50. The monoisotopic (exact) mass is 340 g/mol. The third kappa shape index (κ3) is 3.18. The molecule has 0 saturated carbocycles. The molecule has 0 atom stereocenters. The number of nitrogens with one attached hydrogen (secondary N) is 1. The van der Waals surface area contributed by atoms with Gasteiger partial charge in [-0.05, 0) is 46.6 Å².